The summed E-state index contributed by atoms with van der Waals surface area (Å²) in [5, 5.41) is 0.385. The summed E-state index contributed by atoms with van der Waals surface area (Å²) in [5.41, 5.74) is 0.603. The quantitative estimate of drug-likeness (QED) is 0.548. The van der Waals surface area contributed by atoms with Gasteiger partial charge in [-0.15, -0.1) is 11.6 Å². The Morgan fingerprint density at radius 2 is 2.00 bits per heavy atom. The van der Waals surface area contributed by atoms with Crippen LogP contribution < -0.4 is 0 Å². The highest BCUT2D eigenvalue weighted by molar-refractivity contribution is 6.20. The Labute approximate surface area is 80.7 Å². The molecule has 0 spiro atoms. The minimum atomic E-state index is 0.385. The van der Waals surface area contributed by atoms with E-state index in [1.165, 1.54) is 19.3 Å². The van der Waals surface area contributed by atoms with Gasteiger partial charge in [-0.25, -0.2) is 0 Å². The van der Waals surface area contributed by atoms with Crippen molar-refractivity contribution in [3.8, 4) is 0 Å². The number of alkyl halides is 1. The molecule has 0 aromatic heterocycles. The SMILES string of the molecule is CC(Cl)C1CCC2CC1C2(C)C. The molecule has 3 rings (SSSR count). The molecule has 1 heteroatoms. The van der Waals surface area contributed by atoms with Crippen molar-refractivity contribution in [1.29, 1.82) is 0 Å². The second-order valence-electron chi connectivity index (χ2n) is 5.28. The Bertz CT molecular complexity index is 179. The second-order valence-corrected chi connectivity index (χ2v) is 5.97. The van der Waals surface area contributed by atoms with Gasteiger partial charge in [0.2, 0.25) is 0 Å². The van der Waals surface area contributed by atoms with Crippen molar-refractivity contribution in [1.82, 2.24) is 0 Å². The van der Waals surface area contributed by atoms with Crippen LogP contribution in [0.3, 0.4) is 0 Å². The van der Waals surface area contributed by atoms with Gasteiger partial charge in [0.25, 0.3) is 0 Å². The number of halogens is 1. The minimum absolute atomic E-state index is 0.385. The van der Waals surface area contributed by atoms with Crippen LogP contribution >= 0.6 is 11.6 Å². The van der Waals surface area contributed by atoms with Crippen LogP contribution in [0.4, 0.5) is 0 Å². The molecular formula is C11H19Cl. The molecule has 3 saturated carbocycles. The summed E-state index contributed by atoms with van der Waals surface area (Å²) in [6.07, 6.45) is 4.25. The zero-order valence-electron chi connectivity index (χ0n) is 8.31. The van der Waals surface area contributed by atoms with E-state index in [2.05, 4.69) is 20.8 Å². The van der Waals surface area contributed by atoms with Crippen molar-refractivity contribution >= 4 is 11.6 Å². The van der Waals surface area contributed by atoms with E-state index in [-0.39, 0.29) is 0 Å². The van der Waals surface area contributed by atoms with E-state index in [9.17, 15) is 0 Å². The highest BCUT2D eigenvalue weighted by atomic mass is 35.5. The van der Waals surface area contributed by atoms with Crippen molar-refractivity contribution in [3.63, 3.8) is 0 Å². The first kappa shape index (κ1) is 8.87. The van der Waals surface area contributed by atoms with Gasteiger partial charge in [0.15, 0.2) is 0 Å². The molecule has 2 bridgehead atoms. The van der Waals surface area contributed by atoms with Gasteiger partial charge in [0.05, 0.1) is 0 Å². The maximum atomic E-state index is 6.20. The zero-order chi connectivity index (χ0) is 8.93. The van der Waals surface area contributed by atoms with Crippen LogP contribution in [0.25, 0.3) is 0 Å². The molecule has 0 aromatic rings. The zero-order valence-corrected chi connectivity index (χ0v) is 9.06. The fourth-order valence-corrected chi connectivity index (χ4v) is 3.72. The molecule has 0 amide bonds. The predicted octanol–water partition coefficient (Wildman–Crippen LogP) is 3.69. The molecule has 0 heterocycles. The van der Waals surface area contributed by atoms with Gasteiger partial charge >= 0.3 is 0 Å². The molecule has 3 aliphatic rings. The van der Waals surface area contributed by atoms with Crippen LogP contribution in [-0.2, 0) is 0 Å². The Kier molecular flexibility index (Phi) is 1.95. The van der Waals surface area contributed by atoms with Crippen LogP contribution in [0.2, 0.25) is 0 Å². The van der Waals surface area contributed by atoms with Gasteiger partial charge in [-0.05, 0) is 49.4 Å². The van der Waals surface area contributed by atoms with E-state index in [0.29, 0.717) is 10.8 Å². The highest BCUT2D eigenvalue weighted by Gasteiger charge is 2.54. The molecule has 70 valence electrons. The summed E-state index contributed by atoms with van der Waals surface area (Å²) in [5.74, 6) is 2.73. The van der Waals surface area contributed by atoms with Crippen LogP contribution in [0, 0.1) is 23.2 Å². The highest BCUT2D eigenvalue weighted by Crippen LogP contribution is 2.62. The first-order valence-electron chi connectivity index (χ1n) is 5.17. The van der Waals surface area contributed by atoms with Crippen molar-refractivity contribution in [2.24, 2.45) is 23.2 Å². The summed E-state index contributed by atoms with van der Waals surface area (Å²) in [6.45, 7) is 7.02. The fourth-order valence-electron chi connectivity index (χ4n) is 3.42. The lowest BCUT2D eigenvalue weighted by Crippen LogP contribution is -2.53. The topological polar surface area (TPSA) is 0 Å². The lowest BCUT2D eigenvalue weighted by atomic mass is 9.45. The molecule has 0 nitrogen and oxygen atoms in total. The molecule has 0 radical (unpaired) electrons. The summed E-state index contributed by atoms with van der Waals surface area (Å²) in [7, 11) is 0. The summed E-state index contributed by atoms with van der Waals surface area (Å²) >= 11 is 6.20. The van der Waals surface area contributed by atoms with E-state index < -0.39 is 0 Å². The third kappa shape index (κ3) is 1.04. The molecule has 4 atom stereocenters. The largest absolute Gasteiger partial charge is 0.123 e. The third-order valence-electron chi connectivity index (χ3n) is 4.50. The van der Waals surface area contributed by atoms with E-state index >= 15 is 0 Å². The van der Waals surface area contributed by atoms with Crippen molar-refractivity contribution < 1.29 is 0 Å². The first-order chi connectivity index (χ1) is 5.53. The number of rotatable bonds is 1. The molecule has 12 heavy (non-hydrogen) atoms. The summed E-state index contributed by atoms with van der Waals surface area (Å²) in [4.78, 5) is 0. The Balaban J connectivity index is 2.11. The molecule has 3 aliphatic carbocycles. The molecule has 4 unspecified atom stereocenters. The van der Waals surface area contributed by atoms with Crippen LogP contribution in [-0.4, -0.2) is 5.38 Å². The Morgan fingerprint density at radius 1 is 1.33 bits per heavy atom. The van der Waals surface area contributed by atoms with Gasteiger partial charge in [-0.3, -0.25) is 0 Å². The maximum Gasteiger partial charge on any atom is 0.0338 e. The van der Waals surface area contributed by atoms with Gasteiger partial charge in [0.1, 0.15) is 0 Å². The average molecular weight is 187 g/mol. The first-order valence-corrected chi connectivity index (χ1v) is 5.61. The smallest absolute Gasteiger partial charge is 0.0338 e. The number of hydrogen-bond acceptors (Lipinski definition) is 0. The summed E-state index contributed by atoms with van der Waals surface area (Å²) in [6, 6.07) is 0. The van der Waals surface area contributed by atoms with Gasteiger partial charge < -0.3 is 0 Å². The van der Waals surface area contributed by atoms with E-state index in [1.807, 2.05) is 0 Å². The molecule has 0 aliphatic heterocycles. The molecule has 0 aromatic carbocycles. The standard InChI is InChI=1S/C11H19Cl/c1-7(12)9-5-4-8-6-10(9)11(8,2)3/h7-10H,4-6H2,1-3H3. The lowest BCUT2D eigenvalue weighted by molar-refractivity contribution is -0.104. The van der Waals surface area contributed by atoms with Crippen LogP contribution in [0.5, 0.6) is 0 Å². The second kappa shape index (κ2) is 2.64. The van der Waals surface area contributed by atoms with Crippen LogP contribution in [0.1, 0.15) is 40.0 Å². The Hall–Kier alpha value is 0.290. The molecule has 0 N–H and O–H groups in total. The fraction of sp³-hybridized carbons (Fsp3) is 1.00. The normalized spacial score (nSPS) is 46.5. The maximum absolute atomic E-state index is 6.20. The molecular weight excluding hydrogens is 168 g/mol. The van der Waals surface area contributed by atoms with Gasteiger partial charge in [-0.2, -0.15) is 0 Å². The van der Waals surface area contributed by atoms with Gasteiger partial charge in [0, 0.05) is 5.38 Å². The van der Waals surface area contributed by atoms with E-state index in [4.69, 9.17) is 11.6 Å². The lowest BCUT2D eigenvalue weighted by Gasteiger charge is -2.60. The third-order valence-corrected chi connectivity index (χ3v) is 4.83. The van der Waals surface area contributed by atoms with E-state index in [0.717, 1.165) is 17.8 Å². The van der Waals surface area contributed by atoms with Crippen molar-refractivity contribution in [2.75, 3.05) is 0 Å². The number of hydrogen-bond donors (Lipinski definition) is 0. The Morgan fingerprint density at radius 3 is 2.33 bits per heavy atom. The van der Waals surface area contributed by atoms with E-state index in [1.54, 1.807) is 0 Å². The van der Waals surface area contributed by atoms with Crippen molar-refractivity contribution in [3.05, 3.63) is 0 Å². The van der Waals surface area contributed by atoms with Crippen LogP contribution in [0.15, 0.2) is 0 Å². The van der Waals surface area contributed by atoms with Gasteiger partial charge in [-0.1, -0.05) is 13.8 Å². The average Bonchev–Trinajstić information content (AvgIpc) is 2.04. The monoisotopic (exact) mass is 186 g/mol. The van der Waals surface area contributed by atoms with Crippen molar-refractivity contribution in [2.45, 2.75) is 45.4 Å². The predicted molar refractivity (Wildman–Crippen MR) is 53.4 cm³/mol. The number of fused-ring (bicyclic) bond motifs is 2. The summed E-state index contributed by atoms with van der Waals surface area (Å²) < 4.78 is 0. The molecule has 3 fully saturated rings. The molecule has 0 saturated heterocycles. The minimum Gasteiger partial charge on any atom is -0.123 e.